The Morgan fingerprint density at radius 1 is 1.23 bits per heavy atom. The van der Waals surface area contributed by atoms with Crippen molar-refractivity contribution < 1.29 is 13.2 Å². The van der Waals surface area contributed by atoms with E-state index in [0.717, 1.165) is 6.42 Å². The van der Waals surface area contributed by atoms with Crippen molar-refractivity contribution in [3.05, 3.63) is 41.1 Å². The quantitative estimate of drug-likeness (QED) is 0.652. The molecule has 22 heavy (non-hydrogen) atoms. The molecule has 1 aromatic heterocycles. The molecule has 0 spiro atoms. The molecule has 0 aliphatic heterocycles. The van der Waals surface area contributed by atoms with Gasteiger partial charge >= 0.3 is 6.18 Å². The highest BCUT2D eigenvalue weighted by Gasteiger charge is 2.41. The molecular formula is C16H12BrF3N2. The van der Waals surface area contributed by atoms with Crippen LogP contribution in [0.15, 0.2) is 24.3 Å². The summed E-state index contributed by atoms with van der Waals surface area (Å²) < 4.78 is 40.7. The van der Waals surface area contributed by atoms with Crippen LogP contribution in [-0.4, -0.2) is 9.81 Å². The van der Waals surface area contributed by atoms with Crippen molar-refractivity contribution in [1.29, 1.82) is 5.26 Å². The zero-order chi connectivity index (χ0) is 15.9. The van der Waals surface area contributed by atoms with Crippen LogP contribution in [0.5, 0.6) is 0 Å². The van der Waals surface area contributed by atoms with E-state index in [0.29, 0.717) is 23.7 Å². The lowest BCUT2D eigenvalue weighted by atomic mass is 9.88. The van der Waals surface area contributed by atoms with E-state index >= 15 is 0 Å². The molecule has 114 valence electrons. The first-order valence-electron chi connectivity index (χ1n) is 6.96. The first-order valence-corrected chi connectivity index (χ1v) is 7.87. The summed E-state index contributed by atoms with van der Waals surface area (Å²) in [6, 6.07) is 8.37. The van der Waals surface area contributed by atoms with Crippen LogP contribution in [-0.2, 0) is 6.18 Å². The average molecular weight is 369 g/mol. The Morgan fingerprint density at radius 3 is 2.55 bits per heavy atom. The van der Waals surface area contributed by atoms with E-state index < -0.39 is 17.4 Å². The van der Waals surface area contributed by atoms with Gasteiger partial charge in [0.05, 0.1) is 11.1 Å². The number of fused-ring (bicyclic) bond motifs is 1. The average Bonchev–Trinajstić information content (AvgIpc) is 2.90. The third-order valence-corrected chi connectivity index (χ3v) is 4.93. The van der Waals surface area contributed by atoms with Crippen molar-refractivity contribution in [3.8, 4) is 6.07 Å². The molecule has 1 aliphatic carbocycles. The number of nitrogens with zero attached hydrogens (tertiary/aromatic N) is 2. The monoisotopic (exact) mass is 368 g/mol. The summed E-state index contributed by atoms with van der Waals surface area (Å²) in [5.41, 5.74) is -0.712. The van der Waals surface area contributed by atoms with Crippen molar-refractivity contribution in [3.63, 3.8) is 0 Å². The number of benzene rings is 1. The Balaban J connectivity index is 2.36. The van der Waals surface area contributed by atoms with E-state index in [4.69, 9.17) is 5.26 Å². The summed E-state index contributed by atoms with van der Waals surface area (Å²) in [6.07, 6.45) is -2.43. The number of para-hydroxylation sites is 1. The van der Waals surface area contributed by atoms with Crippen LogP contribution in [0.2, 0.25) is 0 Å². The Kier molecular flexibility index (Phi) is 3.85. The van der Waals surface area contributed by atoms with Gasteiger partial charge in [0.15, 0.2) is 5.69 Å². The van der Waals surface area contributed by atoms with E-state index in [2.05, 4.69) is 20.9 Å². The van der Waals surface area contributed by atoms with Crippen molar-refractivity contribution in [1.82, 2.24) is 4.98 Å². The van der Waals surface area contributed by atoms with Crippen LogP contribution in [0.4, 0.5) is 13.2 Å². The Labute approximate surface area is 134 Å². The van der Waals surface area contributed by atoms with Gasteiger partial charge in [0.1, 0.15) is 6.07 Å². The normalized spacial score (nSPS) is 22.0. The lowest BCUT2D eigenvalue weighted by Gasteiger charge is -2.21. The third-order valence-electron chi connectivity index (χ3n) is 4.10. The van der Waals surface area contributed by atoms with Gasteiger partial charge in [-0.05, 0) is 36.8 Å². The second-order valence-electron chi connectivity index (χ2n) is 5.48. The number of pyridine rings is 1. The highest BCUT2D eigenvalue weighted by atomic mass is 79.9. The molecule has 0 saturated heterocycles. The van der Waals surface area contributed by atoms with Crippen molar-refractivity contribution in [2.24, 2.45) is 0 Å². The highest BCUT2D eigenvalue weighted by Crippen LogP contribution is 2.46. The van der Waals surface area contributed by atoms with Gasteiger partial charge in [-0.1, -0.05) is 34.1 Å². The van der Waals surface area contributed by atoms with Gasteiger partial charge in [0.25, 0.3) is 0 Å². The Morgan fingerprint density at radius 2 is 1.95 bits per heavy atom. The molecule has 1 aromatic carbocycles. The molecule has 0 bridgehead atoms. The van der Waals surface area contributed by atoms with Gasteiger partial charge in [0.2, 0.25) is 0 Å². The first kappa shape index (κ1) is 15.3. The van der Waals surface area contributed by atoms with Gasteiger partial charge in [-0.15, -0.1) is 0 Å². The van der Waals surface area contributed by atoms with E-state index in [1.54, 1.807) is 30.3 Å². The molecule has 1 heterocycles. The van der Waals surface area contributed by atoms with Crippen LogP contribution in [0.1, 0.15) is 42.0 Å². The van der Waals surface area contributed by atoms with Gasteiger partial charge in [-0.25, -0.2) is 4.98 Å². The number of hydrogen-bond donors (Lipinski definition) is 0. The predicted molar refractivity (Wildman–Crippen MR) is 80.8 cm³/mol. The number of aromatic nitrogens is 1. The maximum atomic E-state index is 13.6. The zero-order valence-electron chi connectivity index (χ0n) is 11.5. The molecule has 6 heteroatoms. The minimum absolute atomic E-state index is 0.207. The summed E-state index contributed by atoms with van der Waals surface area (Å²) in [5.74, 6) is -0.207. The molecular weight excluding hydrogens is 357 g/mol. The fourth-order valence-corrected chi connectivity index (χ4v) is 3.93. The predicted octanol–water partition coefficient (Wildman–Crippen LogP) is 5.16. The van der Waals surface area contributed by atoms with E-state index in [9.17, 15) is 13.2 Å². The van der Waals surface area contributed by atoms with Crippen LogP contribution >= 0.6 is 15.9 Å². The molecule has 2 atom stereocenters. The third kappa shape index (κ3) is 2.58. The van der Waals surface area contributed by atoms with E-state index in [1.165, 1.54) is 0 Å². The fourth-order valence-electron chi connectivity index (χ4n) is 3.22. The SMILES string of the molecule is N#Cc1nc2ccccc2c(C2CCC(Br)C2)c1C(F)(F)F. The molecule has 2 nitrogen and oxygen atoms in total. The van der Waals surface area contributed by atoms with Gasteiger partial charge in [0, 0.05) is 10.2 Å². The van der Waals surface area contributed by atoms with Gasteiger partial charge in [-0.2, -0.15) is 18.4 Å². The largest absolute Gasteiger partial charge is 0.419 e. The lowest BCUT2D eigenvalue weighted by molar-refractivity contribution is -0.138. The molecule has 0 amide bonds. The second kappa shape index (κ2) is 5.54. The molecule has 2 unspecified atom stereocenters. The number of alkyl halides is 4. The first-order chi connectivity index (χ1) is 10.4. The Bertz CT molecular complexity index is 764. The molecule has 0 N–H and O–H groups in total. The number of hydrogen-bond acceptors (Lipinski definition) is 2. The fraction of sp³-hybridized carbons (Fsp3) is 0.375. The molecule has 3 rings (SSSR count). The summed E-state index contributed by atoms with van der Waals surface area (Å²) in [6.45, 7) is 0. The van der Waals surface area contributed by atoms with Crippen LogP contribution < -0.4 is 0 Å². The lowest BCUT2D eigenvalue weighted by Crippen LogP contribution is -2.16. The number of rotatable bonds is 1. The molecule has 1 fully saturated rings. The van der Waals surface area contributed by atoms with Crippen molar-refractivity contribution >= 4 is 26.8 Å². The molecule has 1 aliphatic rings. The molecule has 0 radical (unpaired) electrons. The van der Waals surface area contributed by atoms with Gasteiger partial charge < -0.3 is 0 Å². The van der Waals surface area contributed by atoms with Crippen molar-refractivity contribution in [2.75, 3.05) is 0 Å². The van der Waals surface area contributed by atoms with Gasteiger partial charge in [-0.3, -0.25) is 0 Å². The smallest absolute Gasteiger partial charge is 0.236 e. The summed E-state index contributed by atoms with van der Waals surface area (Å²) >= 11 is 3.49. The summed E-state index contributed by atoms with van der Waals surface area (Å²) in [7, 11) is 0. The number of halogens is 4. The highest BCUT2D eigenvalue weighted by molar-refractivity contribution is 9.09. The zero-order valence-corrected chi connectivity index (χ0v) is 13.1. The minimum atomic E-state index is -4.58. The van der Waals surface area contributed by atoms with Crippen LogP contribution in [0, 0.1) is 11.3 Å². The molecule has 2 aromatic rings. The van der Waals surface area contributed by atoms with E-state index in [1.807, 2.05) is 0 Å². The summed E-state index contributed by atoms with van der Waals surface area (Å²) in [5, 5.41) is 9.64. The van der Waals surface area contributed by atoms with Crippen LogP contribution in [0.25, 0.3) is 10.9 Å². The summed E-state index contributed by atoms with van der Waals surface area (Å²) in [4.78, 5) is 4.14. The van der Waals surface area contributed by atoms with E-state index in [-0.39, 0.29) is 16.3 Å². The maximum absolute atomic E-state index is 13.6. The van der Waals surface area contributed by atoms with Crippen LogP contribution in [0.3, 0.4) is 0 Å². The minimum Gasteiger partial charge on any atom is -0.236 e. The standard InChI is InChI=1S/C16H12BrF3N2/c17-10-6-5-9(7-10)14-11-3-1-2-4-12(11)22-13(8-21)15(14)16(18,19)20/h1-4,9-10H,5-7H2. The maximum Gasteiger partial charge on any atom is 0.419 e. The molecule has 1 saturated carbocycles. The topological polar surface area (TPSA) is 36.7 Å². The second-order valence-corrected chi connectivity index (χ2v) is 6.78. The Hall–Kier alpha value is -1.61. The number of nitriles is 1. The van der Waals surface area contributed by atoms with Crippen molar-refractivity contribution in [2.45, 2.75) is 36.2 Å².